The van der Waals surface area contributed by atoms with Crippen LogP contribution in [0.3, 0.4) is 0 Å². The molecule has 3 nitrogen and oxygen atoms in total. The normalized spacial score (nSPS) is 10.5. The Labute approximate surface area is 127 Å². The third-order valence-corrected chi connectivity index (χ3v) is 3.61. The molecule has 0 unspecified atom stereocenters. The largest absolute Gasteiger partial charge is 0.497 e. The van der Waals surface area contributed by atoms with Crippen molar-refractivity contribution < 1.29 is 9.53 Å². The molecule has 0 radical (unpaired) electrons. The van der Waals surface area contributed by atoms with Gasteiger partial charge in [0.1, 0.15) is 5.75 Å². The molecular formula is C16H18BrNO2. The van der Waals surface area contributed by atoms with Crippen molar-refractivity contribution in [1.29, 1.82) is 0 Å². The highest BCUT2D eigenvalue weighted by atomic mass is 79.9. The molecule has 0 fully saturated rings. The van der Waals surface area contributed by atoms with Crippen molar-refractivity contribution in [1.82, 2.24) is 5.32 Å². The van der Waals surface area contributed by atoms with Crippen molar-refractivity contribution in [2.24, 2.45) is 0 Å². The lowest BCUT2D eigenvalue weighted by atomic mass is 10.0. The summed E-state index contributed by atoms with van der Waals surface area (Å²) in [5.41, 5.74) is 1.22. The van der Waals surface area contributed by atoms with E-state index in [9.17, 15) is 4.79 Å². The maximum Gasteiger partial charge on any atom is 0.220 e. The molecule has 2 aromatic rings. The highest BCUT2D eigenvalue weighted by molar-refractivity contribution is 9.09. The van der Waals surface area contributed by atoms with Gasteiger partial charge in [-0.15, -0.1) is 0 Å². The second kappa shape index (κ2) is 7.29. The molecule has 0 aliphatic heterocycles. The predicted octanol–water partition coefficient (Wildman–Crippen LogP) is 3.29. The lowest BCUT2D eigenvalue weighted by molar-refractivity contribution is -0.120. The molecule has 106 valence electrons. The average molecular weight is 336 g/mol. The van der Waals surface area contributed by atoms with Crippen LogP contribution >= 0.6 is 15.9 Å². The van der Waals surface area contributed by atoms with Crippen molar-refractivity contribution in [2.75, 3.05) is 19.0 Å². The molecule has 0 bridgehead atoms. The summed E-state index contributed by atoms with van der Waals surface area (Å²) in [4.78, 5) is 11.4. The van der Waals surface area contributed by atoms with E-state index in [1.807, 2.05) is 18.2 Å². The third kappa shape index (κ3) is 3.73. The number of benzene rings is 2. The Morgan fingerprint density at radius 1 is 1.30 bits per heavy atom. The van der Waals surface area contributed by atoms with E-state index in [2.05, 4.69) is 39.4 Å². The Morgan fingerprint density at radius 2 is 2.15 bits per heavy atom. The second-order valence-electron chi connectivity index (χ2n) is 4.54. The summed E-state index contributed by atoms with van der Waals surface area (Å²) in [5, 5.41) is 6.00. The number of methoxy groups -OCH3 is 1. The number of hydrogen-bond acceptors (Lipinski definition) is 2. The smallest absolute Gasteiger partial charge is 0.220 e. The summed E-state index contributed by atoms with van der Waals surface area (Å²) in [5.74, 6) is 0.938. The molecule has 0 heterocycles. The van der Waals surface area contributed by atoms with Crippen LogP contribution in [0.1, 0.15) is 12.0 Å². The maximum absolute atomic E-state index is 11.4. The van der Waals surface area contributed by atoms with Gasteiger partial charge in [-0.3, -0.25) is 4.79 Å². The highest BCUT2D eigenvalue weighted by Crippen LogP contribution is 2.24. The first-order chi connectivity index (χ1) is 9.74. The van der Waals surface area contributed by atoms with Crippen LogP contribution in [0, 0.1) is 0 Å². The summed E-state index contributed by atoms with van der Waals surface area (Å²) in [6.45, 7) is 0.655. The van der Waals surface area contributed by atoms with E-state index in [1.54, 1.807) is 7.11 Å². The Hall–Kier alpha value is -1.55. The van der Waals surface area contributed by atoms with Gasteiger partial charge in [-0.25, -0.2) is 0 Å². The number of amides is 1. The van der Waals surface area contributed by atoms with E-state index in [0.717, 1.165) is 12.2 Å². The van der Waals surface area contributed by atoms with Gasteiger partial charge in [0.05, 0.1) is 7.11 Å². The van der Waals surface area contributed by atoms with Crippen LogP contribution in [-0.2, 0) is 11.2 Å². The standard InChI is InChI=1S/C16H18BrNO2/c1-20-14-6-5-12-3-2-4-13(15(12)11-14)8-10-18-16(19)7-9-17/h2-6,11H,7-10H2,1H3,(H,18,19). The zero-order valence-corrected chi connectivity index (χ0v) is 13.1. The third-order valence-electron chi connectivity index (χ3n) is 3.22. The molecule has 20 heavy (non-hydrogen) atoms. The minimum atomic E-state index is 0.0830. The maximum atomic E-state index is 11.4. The number of carbonyl (C=O) groups excluding carboxylic acids is 1. The summed E-state index contributed by atoms with van der Waals surface area (Å²) >= 11 is 3.26. The number of hydrogen-bond donors (Lipinski definition) is 1. The summed E-state index contributed by atoms with van der Waals surface area (Å²) < 4.78 is 5.28. The average Bonchev–Trinajstić information content (AvgIpc) is 2.47. The molecule has 4 heteroatoms. The van der Waals surface area contributed by atoms with Crippen molar-refractivity contribution in [2.45, 2.75) is 12.8 Å². The van der Waals surface area contributed by atoms with E-state index in [-0.39, 0.29) is 5.91 Å². The number of nitrogens with one attached hydrogen (secondary N) is 1. The van der Waals surface area contributed by atoms with Crippen LogP contribution in [0.4, 0.5) is 0 Å². The van der Waals surface area contributed by atoms with E-state index in [0.29, 0.717) is 18.3 Å². The first-order valence-corrected chi connectivity index (χ1v) is 7.75. The molecule has 0 atom stereocenters. The van der Waals surface area contributed by atoms with Gasteiger partial charge in [-0.1, -0.05) is 40.2 Å². The van der Waals surface area contributed by atoms with Gasteiger partial charge in [0.25, 0.3) is 0 Å². The fourth-order valence-corrected chi connectivity index (χ4v) is 2.53. The zero-order chi connectivity index (χ0) is 14.4. The molecule has 0 aliphatic carbocycles. The number of halogens is 1. The van der Waals surface area contributed by atoms with Crippen molar-refractivity contribution in [3.63, 3.8) is 0 Å². The minimum absolute atomic E-state index is 0.0830. The highest BCUT2D eigenvalue weighted by Gasteiger charge is 2.04. The molecule has 0 aliphatic rings. The SMILES string of the molecule is COc1ccc2cccc(CCNC(=O)CCBr)c2c1. The van der Waals surface area contributed by atoms with E-state index >= 15 is 0 Å². The number of alkyl halides is 1. The van der Waals surface area contributed by atoms with Gasteiger partial charge < -0.3 is 10.1 Å². The van der Waals surface area contributed by atoms with Crippen LogP contribution in [0.25, 0.3) is 10.8 Å². The van der Waals surface area contributed by atoms with E-state index in [1.165, 1.54) is 16.3 Å². The molecule has 0 spiro atoms. The van der Waals surface area contributed by atoms with Crippen LogP contribution < -0.4 is 10.1 Å². The molecule has 1 amide bonds. The van der Waals surface area contributed by atoms with Gasteiger partial charge >= 0.3 is 0 Å². The summed E-state index contributed by atoms with van der Waals surface area (Å²) in [7, 11) is 1.67. The molecule has 2 rings (SSSR count). The number of ether oxygens (including phenoxy) is 1. The number of rotatable bonds is 6. The molecule has 2 aromatic carbocycles. The van der Waals surface area contributed by atoms with Gasteiger partial charge in [0, 0.05) is 18.3 Å². The Kier molecular flexibility index (Phi) is 5.41. The molecule has 0 saturated carbocycles. The zero-order valence-electron chi connectivity index (χ0n) is 11.5. The van der Waals surface area contributed by atoms with Gasteiger partial charge in [-0.2, -0.15) is 0 Å². The summed E-state index contributed by atoms with van der Waals surface area (Å²) in [6, 6.07) is 12.3. The summed E-state index contributed by atoms with van der Waals surface area (Å²) in [6.07, 6.45) is 1.34. The van der Waals surface area contributed by atoms with Crippen molar-refractivity contribution in [3.05, 3.63) is 42.0 Å². The number of fused-ring (bicyclic) bond motifs is 1. The Morgan fingerprint density at radius 3 is 2.90 bits per heavy atom. The van der Waals surface area contributed by atoms with Crippen LogP contribution in [-0.4, -0.2) is 24.9 Å². The van der Waals surface area contributed by atoms with E-state index < -0.39 is 0 Å². The fraction of sp³-hybridized carbons (Fsp3) is 0.312. The molecular weight excluding hydrogens is 318 g/mol. The quantitative estimate of drug-likeness (QED) is 0.822. The topological polar surface area (TPSA) is 38.3 Å². The predicted molar refractivity (Wildman–Crippen MR) is 85.6 cm³/mol. The lowest BCUT2D eigenvalue weighted by Gasteiger charge is -2.09. The van der Waals surface area contributed by atoms with Crippen LogP contribution in [0.5, 0.6) is 5.75 Å². The molecule has 0 saturated heterocycles. The van der Waals surface area contributed by atoms with E-state index in [4.69, 9.17) is 4.74 Å². The lowest BCUT2D eigenvalue weighted by Crippen LogP contribution is -2.25. The number of carbonyl (C=O) groups is 1. The van der Waals surface area contributed by atoms with Crippen molar-refractivity contribution in [3.8, 4) is 5.75 Å². The second-order valence-corrected chi connectivity index (χ2v) is 5.34. The van der Waals surface area contributed by atoms with Gasteiger partial charge in [0.2, 0.25) is 5.91 Å². The first kappa shape index (κ1) is 14.9. The van der Waals surface area contributed by atoms with Gasteiger partial charge in [0.15, 0.2) is 0 Å². The molecule has 1 N–H and O–H groups in total. The van der Waals surface area contributed by atoms with Gasteiger partial charge in [-0.05, 0) is 34.9 Å². The first-order valence-electron chi connectivity index (χ1n) is 6.63. The molecule has 0 aromatic heterocycles. The Balaban J connectivity index is 2.11. The monoisotopic (exact) mass is 335 g/mol. The Bertz CT molecular complexity index is 598. The fourth-order valence-electron chi connectivity index (χ4n) is 2.17. The van der Waals surface area contributed by atoms with Crippen molar-refractivity contribution >= 4 is 32.6 Å². The van der Waals surface area contributed by atoms with Crippen LogP contribution in [0.2, 0.25) is 0 Å². The van der Waals surface area contributed by atoms with Crippen LogP contribution in [0.15, 0.2) is 36.4 Å². The minimum Gasteiger partial charge on any atom is -0.497 e.